The fraction of sp³-hybridized carbons (Fsp3) is 0.190. The van der Waals surface area contributed by atoms with Crippen LogP contribution in [0.4, 0.5) is 5.82 Å². The maximum absolute atomic E-state index is 13.0. The number of hydrogen-bond donors (Lipinski definition) is 1. The summed E-state index contributed by atoms with van der Waals surface area (Å²) in [6.07, 6.45) is 1.65. The molecule has 6 heteroatoms. The Morgan fingerprint density at radius 1 is 0.852 bits per heavy atom. The van der Waals surface area contributed by atoms with E-state index in [9.17, 15) is 9.59 Å². The molecule has 1 saturated heterocycles. The van der Waals surface area contributed by atoms with Crippen molar-refractivity contribution in [1.82, 2.24) is 9.88 Å². The van der Waals surface area contributed by atoms with Gasteiger partial charge in [0.15, 0.2) is 0 Å². The Kier molecular flexibility index (Phi) is 4.46. The quantitative estimate of drug-likeness (QED) is 0.777. The van der Waals surface area contributed by atoms with Crippen LogP contribution in [0.5, 0.6) is 0 Å². The Bertz CT molecular complexity index is 1000. The van der Waals surface area contributed by atoms with E-state index in [0.717, 1.165) is 16.3 Å². The summed E-state index contributed by atoms with van der Waals surface area (Å²) in [5, 5.41) is 2.02. The Balaban J connectivity index is 1.53. The standard InChI is InChI=1S/C21H20N4O2/c22-19(26)18-9-4-10-23-20(18)24-11-13-25(14-12-24)21(27)17-8-3-6-15-5-1-2-7-16(15)17/h1-10H,11-14H2,(H2,22,26). The van der Waals surface area contributed by atoms with Crippen molar-refractivity contribution in [3.05, 3.63) is 71.9 Å². The lowest BCUT2D eigenvalue weighted by molar-refractivity contribution is 0.0747. The molecule has 2 heterocycles. The monoisotopic (exact) mass is 360 g/mol. The van der Waals surface area contributed by atoms with Gasteiger partial charge in [-0.3, -0.25) is 9.59 Å². The summed E-state index contributed by atoms with van der Waals surface area (Å²) >= 11 is 0. The molecule has 2 aromatic carbocycles. The zero-order valence-electron chi connectivity index (χ0n) is 14.8. The molecule has 1 aliphatic heterocycles. The van der Waals surface area contributed by atoms with Crippen LogP contribution in [-0.2, 0) is 0 Å². The fourth-order valence-corrected chi connectivity index (χ4v) is 3.54. The smallest absolute Gasteiger partial charge is 0.254 e. The second-order valence-electron chi connectivity index (χ2n) is 6.54. The SMILES string of the molecule is NC(=O)c1cccnc1N1CCN(C(=O)c2cccc3ccccc23)CC1. The molecule has 4 rings (SSSR count). The number of carbonyl (C=O) groups excluding carboxylic acids is 2. The maximum Gasteiger partial charge on any atom is 0.254 e. The summed E-state index contributed by atoms with van der Waals surface area (Å²) in [6.45, 7) is 2.34. The van der Waals surface area contributed by atoms with E-state index in [2.05, 4.69) is 4.98 Å². The molecule has 2 amide bonds. The Morgan fingerprint density at radius 2 is 1.56 bits per heavy atom. The van der Waals surface area contributed by atoms with Gasteiger partial charge in [0, 0.05) is 37.9 Å². The molecule has 1 aliphatic rings. The number of aromatic nitrogens is 1. The normalized spacial score (nSPS) is 14.4. The number of pyridine rings is 1. The van der Waals surface area contributed by atoms with Gasteiger partial charge in [-0.05, 0) is 29.0 Å². The largest absolute Gasteiger partial charge is 0.365 e. The second-order valence-corrected chi connectivity index (χ2v) is 6.54. The van der Waals surface area contributed by atoms with Crippen LogP contribution in [0.15, 0.2) is 60.8 Å². The highest BCUT2D eigenvalue weighted by atomic mass is 16.2. The number of anilines is 1. The van der Waals surface area contributed by atoms with Crippen LogP contribution in [0.1, 0.15) is 20.7 Å². The summed E-state index contributed by atoms with van der Waals surface area (Å²) in [6, 6.07) is 17.1. The van der Waals surface area contributed by atoms with E-state index in [4.69, 9.17) is 5.73 Å². The average molecular weight is 360 g/mol. The van der Waals surface area contributed by atoms with Gasteiger partial charge in [-0.25, -0.2) is 4.98 Å². The first kappa shape index (κ1) is 17.0. The van der Waals surface area contributed by atoms with E-state index in [1.165, 1.54) is 0 Å². The van der Waals surface area contributed by atoms with Crippen LogP contribution in [0.2, 0.25) is 0 Å². The van der Waals surface area contributed by atoms with Gasteiger partial charge < -0.3 is 15.5 Å². The third-order valence-electron chi connectivity index (χ3n) is 4.94. The third kappa shape index (κ3) is 3.21. The molecule has 0 atom stereocenters. The molecule has 27 heavy (non-hydrogen) atoms. The minimum atomic E-state index is -0.493. The first-order chi connectivity index (χ1) is 13.1. The number of fused-ring (bicyclic) bond motifs is 1. The number of rotatable bonds is 3. The van der Waals surface area contributed by atoms with Gasteiger partial charge in [-0.1, -0.05) is 36.4 Å². The number of nitrogens with two attached hydrogens (primary N) is 1. The first-order valence-corrected chi connectivity index (χ1v) is 8.92. The van der Waals surface area contributed by atoms with Crippen molar-refractivity contribution >= 4 is 28.4 Å². The zero-order valence-corrected chi connectivity index (χ0v) is 14.8. The van der Waals surface area contributed by atoms with Crippen LogP contribution in [-0.4, -0.2) is 47.9 Å². The summed E-state index contributed by atoms with van der Waals surface area (Å²) in [4.78, 5) is 32.9. The van der Waals surface area contributed by atoms with Gasteiger partial charge >= 0.3 is 0 Å². The molecule has 0 unspecified atom stereocenters. The Morgan fingerprint density at radius 3 is 2.33 bits per heavy atom. The molecule has 0 spiro atoms. The van der Waals surface area contributed by atoms with Gasteiger partial charge in [0.05, 0.1) is 5.56 Å². The molecule has 2 N–H and O–H groups in total. The average Bonchev–Trinajstić information content (AvgIpc) is 2.73. The van der Waals surface area contributed by atoms with Crippen molar-refractivity contribution in [3.8, 4) is 0 Å². The molecule has 136 valence electrons. The number of nitrogens with zero attached hydrogens (tertiary/aromatic N) is 3. The molecule has 0 aliphatic carbocycles. The zero-order chi connectivity index (χ0) is 18.8. The second kappa shape index (κ2) is 7.07. The minimum Gasteiger partial charge on any atom is -0.365 e. The van der Waals surface area contributed by atoms with E-state index in [1.54, 1.807) is 18.3 Å². The molecule has 6 nitrogen and oxygen atoms in total. The lowest BCUT2D eigenvalue weighted by atomic mass is 10.0. The molecular formula is C21H20N4O2. The van der Waals surface area contributed by atoms with Gasteiger partial charge in [-0.15, -0.1) is 0 Å². The number of primary amides is 1. The molecular weight excluding hydrogens is 340 g/mol. The van der Waals surface area contributed by atoms with Crippen molar-refractivity contribution in [3.63, 3.8) is 0 Å². The van der Waals surface area contributed by atoms with Crippen LogP contribution >= 0.6 is 0 Å². The van der Waals surface area contributed by atoms with Gasteiger partial charge in [0.2, 0.25) is 0 Å². The van der Waals surface area contributed by atoms with E-state index < -0.39 is 5.91 Å². The predicted octanol–water partition coefficient (Wildman–Crippen LogP) is 2.30. The first-order valence-electron chi connectivity index (χ1n) is 8.92. The number of carbonyl (C=O) groups is 2. The van der Waals surface area contributed by atoms with Crippen molar-refractivity contribution < 1.29 is 9.59 Å². The van der Waals surface area contributed by atoms with E-state index in [-0.39, 0.29) is 5.91 Å². The topological polar surface area (TPSA) is 79.5 Å². The molecule has 1 fully saturated rings. The Labute approximate surface area is 157 Å². The van der Waals surface area contributed by atoms with Gasteiger partial charge in [0.1, 0.15) is 5.82 Å². The van der Waals surface area contributed by atoms with Crippen LogP contribution < -0.4 is 10.6 Å². The minimum absolute atomic E-state index is 0.0302. The number of hydrogen-bond acceptors (Lipinski definition) is 4. The van der Waals surface area contributed by atoms with E-state index >= 15 is 0 Å². The summed E-state index contributed by atoms with van der Waals surface area (Å²) in [7, 11) is 0. The van der Waals surface area contributed by atoms with Crippen molar-refractivity contribution in [2.24, 2.45) is 5.73 Å². The summed E-state index contributed by atoms with van der Waals surface area (Å²) in [5.41, 5.74) is 6.58. The number of amides is 2. The highest BCUT2D eigenvalue weighted by Crippen LogP contribution is 2.22. The Hall–Kier alpha value is -3.41. The highest BCUT2D eigenvalue weighted by Gasteiger charge is 2.25. The molecule has 0 saturated carbocycles. The molecule has 0 radical (unpaired) electrons. The van der Waals surface area contributed by atoms with E-state index in [0.29, 0.717) is 37.6 Å². The summed E-state index contributed by atoms with van der Waals surface area (Å²) in [5.74, 6) is 0.122. The number of piperazine rings is 1. The van der Waals surface area contributed by atoms with Crippen molar-refractivity contribution in [1.29, 1.82) is 0 Å². The third-order valence-corrected chi connectivity index (χ3v) is 4.94. The predicted molar refractivity (Wildman–Crippen MR) is 105 cm³/mol. The van der Waals surface area contributed by atoms with Gasteiger partial charge in [0.25, 0.3) is 11.8 Å². The van der Waals surface area contributed by atoms with E-state index in [1.807, 2.05) is 52.3 Å². The lowest BCUT2D eigenvalue weighted by Crippen LogP contribution is -2.49. The van der Waals surface area contributed by atoms with Crippen molar-refractivity contribution in [2.75, 3.05) is 31.1 Å². The van der Waals surface area contributed by atoms with Crippen LogP contribution in [0, 0.1) is 0 Å². The van der Waals surface area contributed by atoms with Crippen LogP contribution in [0.3, 0.4) is 0 Å². The molecule has 3 aromatic rings. The highest BCUT2D eigenvalue weighted by molar-refractivity contribution is 6.07. The number of benzene rings is 2. The lowest BCUT2D eigenvalue weighted by Gasteiger charge is -2.36. The van der Waals surface area contributed by atoms with Crippen LogP contribution in [0.25, 0.3) is 10.8 Å². The fourth-order valence-electron chi connectivity index (χ4n) is 3.54. The summed E-state index contributed by atoms with van der Waals surface area (Å²) < 4.78 is 0. The van der Waals surface area contributed by atoms with Gasteiger partial charge in [-0.2, -0.15) is 0 Å². The molecule has 1 aromatic heterocycles. The van der Waals surface area contributed by atoms with Crippen molar-refractivity contribution in [2.45, 2.75) is 0 Å². The molecule has 0 bridgehead atoms. The maximum atomic E-state index is 13.0.